The van der Waals surface area contributed by atoms with Crippen LogP contribution in [0.2, 0.25) is 0 Å². The van der Waals surface area contributed by atoms with Crippen molar-refractivity contribution in [2.45, 2.75) is 26.3 Å². The summed E-state index contributed by atoms with van der Waals surface area (Å²) >= 11 is 0. The monoisotopic (exact) mass is 395 g/mol. The van der Waals surface area contributed by atoms with E-state index in [1.165, 1.54) is 18.5 Å². The number of likely N-dealkylation sites (N-methyl/N-ethyl adjacent to an activating group) is 1. The Hall–Kier alpha value is -2.73. The molecule has 1 saturated heterocycles. The molecule has 4 rings (SSSR count). The van der Waals surface area contributed by atoms with Gasteiger partial charge in [-0.2, -0.15) is 0 Å². The van der Waals surface area contributed by atoms with E-state index in [2.05, 4.69) is 29.3 Å². The Balaban J connectivity index is 1.26. The second-order valence-electron chi connectivity index (χ2n) is 8.12. The molecule has 2 aromatic carbocycles. The quantitative estimate of drug-likeness (QED) is 0.808. The molecule has 0 spiro atoms. The Morgan fingerprint density at radius 3 is 2.59 bits per heavy atom. The Morgan fingerprint density at radius 2 is 1.83 bits per heavy atom. The molecule has 6 heteroatoms. The maximum Gasteiger partial charge on any atom is 0.238 e. The molecule has 0 bridgehead atoms. The second kappa shape index (κ2) is 8.74. The van der Waals surface area contributed by atoms with E-state index < -0.39 is 0 Å². The molecule has 1 fully saturated rings. The third-order valence-electron chi connectivity index (χ3n) is 5.60. The molecule has 0 unspecified atom stereocenters. The first kappa shape index (κ1) is 19.6. The van der Waals surface area contributed by atoms with Gasteiger partial charge in [-0.15, -0.1) is 0 Å². The summed E-state index contributed by atoms with van der Waals surface area (Å²) in [4.78, 5) is 16.8. The predicted octanol–water partition coefficient (Wildman–Crippen LogP) is 3.72. The topological polar surface area (TPSA) is 54.0 Å². The van der Waals surface area contributed by atoms with Crippen LogP contribution >= 0.6 is 0 Å². The largest absolute Gasteiger partial charge is 0.454 e. The highest BCUT2D eigenvalue weighted by molar-refractivity contribution is 5.92. The summed E-state index contributed by atoms with van der Waals surface area (Å²) in [6, 6.07) is 14.1. The smallest absolute Gasteiger partial charge is 0.238 e. The molecule has 2 aliphatic rings. The zero-order valence-corrected chi connectivity index (χ0v) is 17.2. The maximum absolute atomic E-state index is 12.4. The molecule has 29 heavy (non-hydrogen) atoms. The Morgan fingerprint density at radius 1 is 1.10 bits per heavy atom. The standard InChI is InChI=1S/C23H29N3O3/c1-17-9-11-26(12-10-17)20-6-4-19(5-7-20)24-23(27)15-25(2)14-18-3-8-21-22(13-18)29-16-28-21/h3-8,13,17H,9-12,14-16H2,1-2H3,(H,24,27). The van der Waals surface area contributed by atoms with Crippen molar-refractivity contribution in [1.82, 2.24) is 4.90 Å². The van der Waals surface area contributed by atoms with Gasteiger partial charge in [0.1, 0.15) is 0 Å². The molecule has 6 nitrogen and oxygen atoms in total. The number of carbonyl (C=O) groups excluding carboxylic acids is 1. The van der Waals surface area contributed by atoms with Gasteiger partial charge in [-0.05, 0) is 67.8 Å². The lowest BCUT2D eigenvalue weighted by atomic mass is 9.99. The summed E-state index contributed by atoms with van der Waals surface area (Å²) < 4.78 is 10.8. The van der Waals surface area contributed by atoms with Gasteiger partial charge in [-0.3, -0.25) is 9.69 Å². The van der Waals surface area contributed by atoms with Crippen LogP contribution in [0.4, 0.5) is 11.4 Å². The Bertz CT molecular complexity index is 845. The highest BCUT2D eigenvalue weighted by Crippen LogP contribution is 2.32. The molecule has 2 aromatic rings. The van der Waals surface area contributed by atoms with Gasteiger partial charge >= 0.3 is 0 Å². The van der Waals surface area contributed by atoms with Crippen LogP contribution in [0.15, 0.2) is 42.5 Å². The molecule has 2 heterocycles. The number of benzene rings is 2. The van der Waals surface area contributed by atoms with E-state index in [4.69, 9.17) is 9.47 Å². The lowest BCUT2D eigenvalue weighted by Gasteiger charge is -2.32. The van der Waals surface area contributed by atoms with E-state index in [-0.39, 0.29) is 12.7 Å². The number of amides is 1. The molecule has 0 atom stereocenters. The average Bonchev–Trinajstić information content (AvgIpc) is 3.17. The Labute approximate surface area is 172 Å². The van der Waals surface area contributed by atoms with Crippen LogP contribution in [0.25, 0.3) is 0 Å². The zero-order chi connectivity index (χ0) is 20.2. The van der Waals surface area contributed by atoms with Crippen LogP contribution in [-0.4, -0.2) is 44.3 Å². The summed E-state index contributed by atoms with van der Waals surface area (Å²) in [5.41, 5.74) is 3.15. The van der Waals surface area contributed by atoms with E-state index >= 15 is 0 Å². The number of carbonyl (C=O) groups is 1. The summed E-state index contributed by atoms with van der Waals surface area (Å²) in [7, 11) is 1.94. The van der Waals surface area contributed by atoms with Gasteiger partial charge in [0.05, 0.1) is 6.54 Å². The molecule has 1 N–H and O–H groups in total. The summed E-state index contributed by atoms with van der Waals surface area (Å²) in [6.45, 7) is 5.79. The summed E-state index contributed by atoms with van der Waals surface area (Å²) in [5.74, 6) is 2.34. The lowest BCUT2D eigenvalue weighted by molar-refractivity contribution is -0.117. The molecule has 154 valence electrons. The number of hydrogen-bond acceptors (Lipinski definition) is 5. The van der Waals surface area contributed by atoms with Crippen LogP contribution in [0.5, 0.6) is 11.5 Å². The average molecular weight is 396 g/mol. The molecule has 2 aliphatic heterocycles. The van der Waals surface area contributed by atoms with E-state index in [0.29, 0.717) is 13.1 Å². The molecular formula is C23H29N3O3. The minimum Gasteiger partial charge on any atom is -0.454 e. The first-order valence-corrected chi connectivity index (χ1v) is 10.3. The number of rotatable bonds is 6. The van der Waals surface area contributed by atoms with Crippen LogP contribution in [0.1, 0.15) is 25.3 Å². The molecule has 0 aliphatic carbocycles. The van der Waals surface area contributed by atoms with Gasteiger partial charge in [0.15, 0.2) is 11.5 Å². The highest BCUT2D eigenvalue weighted by atomic mass is 16.7. The predicted molar refractivity (Wildman–Crippen MR) is 115 cm³/mol. The molecule has 0 saturated carbocycles. The first-order chi connectivity index (χ1) is 14.1. The highest BCUT2D eigenvalue weighted by Gasteiger charge is 2.17. The fourth-order valence-corrected chi connectivity index (χ4v) is 3.87. The third kappa shape index (κ3) is 5.01. The first-order valence-electron chi connectivity index (χ1n) is 10.3. The van der Waals surface area contributed by atoms with Crippen molar-refractivity contribution in [3.05, 3.63) is 48.0 Å². The van der Waals surface area contributed by atoms with Crippen LogP contribution in [0.3, 0.4) is 0 Å². The zero-order valence-electron chi connectivity index (χ0n) is 17.2. The second-order valence-corrected chi connectivity index (χ2v) is 8.12. The minimum atomic E-state index is -0.0206. The van der Waals surface area contributed by atoms with Gasteiger partial charge < -0.3 is 19.7 Å². The van der Waals surface area contributed by atoms with Crippen LogP contribution in [0, 0.1) is 5.92 Å². The maximum atomic E-state index is 12.4. The van der Waals surface area contributed by atoms with Crippen molar-refractivity contribution in [2.75, 3.05) is 43.7 Å². The Kier molecular flexibility index (Phi) is 5.90. The number of hydrogen-bond donors (Lipinski definition) is 1. The minimum absolute atomic E-state index is 0.0206. The van der Waals surface area contributed by atoms with Crippen molar-refractivity contribution in [2.24, 2.45) is 5.92 Å². The van der Waals surface area contributed by atoms with E-state index in [0.717, 1.165) is 41.8 Å². The van der Waals surface area contributed by atoms with Gasteiger partial charge in [0, 0.05) is 31.0 Å². The number of fused-ring (bicyclic) bond motifs is 1. The lowest BCUT2D eigenvalue weighted by Crippen LogP contribution is -2.32. The summed E-state index contributed by atoms with van der Waals surface area (Å²) in [6.07, 6.45) is 2.49. The number of anilines is 2. The number of nitrogens with one attached hydrogen (secondary N) is 1. The van der Waals surface area contributed by atoms with Crippen molar-refractivity contribution in [3.8, 4) is 11.5 Å². The fraction of sp³-hybridized carbons (Fsp3) is 0.435. The van der Waals surface area contributed by atoms with E-state index in [9.17, 15) is 4.79 Å². The van der Waals surface area contributed by atoms with Crippen molar-refractivity contribution in [3.63, 3.8) is 0 Å². The SMILES string of the molecule is CC1CCN(c2ccc(NC(=O)CN(C)Cc3ccc4c(c3)OCO4)cc2)CC1. The van der Waals surface area contributed by atoms with Crippen LogP contribution in [-0.2, 0) is 11.3 Å². The van der Waals surface area contributed by atoms with Crippen LogP contribution < -0.4 is 19.7 Å². The number of ether oxygens (including phenoxy) is 2. The van der Waals surface area contributed by atoms with Gasteiger partial charge in [0.25, 0.3) is 0 Å². The van der Waals surface area contributed by atoms with Crippen molar-refractivity contribution >= 4 is 17.3 Å². The number of nitrogens with zero attached hydrogens (tertiary/aromatic N) is 2. The van der Waals surface area contributed by atoms with E-state index in [1.807, 2.05) is 42.3 Å². The molecule has 1 amide bonds. The van der Waals surface area contributed by atoms with Gasteiger partial charge in [0.2, 0.25) is 12.7 Å². The van der Waals surface area contributed by atoms with Gasteiger partial charge in [-0.1, -0.05) is 13.0 Å². The number of piperidine rings is 1. The normalized spacial score (nSPS) is 16.3. The molecule has 0 aromatic heterocycles. The third-order valence-corrected chi connectivity index (χ3v) is 5.60. The van der Waals surface area contributed by atoms with Gasteiger partial charge in [-0.25, -0.2) is 0 Å². The van der Waals surface area contributed by atoms with Crippen molar-refractivity contribution < 1.29 is 14.3 Å². The van der Waals surface area contributed by atoms with Crippen molar-refractivity contribution in [1.29, 1.82) is 0 Å². The van der Waals surface area contributed by atoms with E-state index in [1.54, 1.807) is 0 Å². The summed E-state index contributed by atoms with van der Waals surface area (Å²) in [5, 5.41) is 2.99. The molecule has 0 radical (unpaired) electrons. The fourth-order valence-electron chi connectivity index (χ4n) is 3.87. The molecular weight excluding hydrogens is 366 g/mol.